The summed E-state index contributed by atoms with van der Waals surface area (Å²) in [7, 11) is 3.42. The van der Waals surface area contributed by atoms with Gasteiger partial charge in [0.15, 0.2) is 0 Å². The fraction of sp³-hybridized carbons (Fsp3) is 0.389. The van der Waals surface area contributed by atoms with Gasteiger partial charge in [0.05, 0.1) is 18.5 Å². The van der Waals surface area contributed by atoms with Crippen LogP contribution >= 0.6 is 0 Å². The van der Waals surface area contributed by atoms with E-state index in [4.69, 9.17) is 4.74 Å². The third-order valence-electron chi connectivity index (χ3n) is 4.05. The molecule has 0 spiro atoms. The number of anilines is 2. The van der Waals surface area contributed by atoms with Gasteiger partial charge in [-0.15, -0.1) is 0 Å². The smallest absolute Gasteiger partial charge is 0.224 e. The van der Waals surface area contributed by atoms with Gasteiger partial charge in [0.1, 0.15) is 5.75 Å². The van der Waals surface area contributed by atoms with Gasteiger partial charge in [-0.25, -0.2) is 0 Å². The lowest BCUT2D eigenvalue weighted by Gasteiger charge is -2.12. The molecule has 0 atom stereocenters. The fourth-order valence-corrected chi connectivity index (χ4v) is 2.71. The van der Waals surface area contributed by atoms with Crippen molar-refractivity contribution in [2.24, 2.45) is 7.05 Å². The molecule has 134 valence electrons. The molecule has 0 saturated carbocycles. The van der Waals surface area contributed by atoms with Crippen LogP contribution in [0.2, 0.25) is 0 Å². The average Bonchev–Trinajstić information content (AvgIpc) is 2.78. The fourth-order valence-electron chi connectivity index (χ4n) is 2.71. The largest absolute Gasteiger partial charge is 0.495 e. The van der Waals surface area contributed by atoms with Crippen LogP contribution < -0.4 is 15.4 Å². The molecule has 0 bridgehead atoms. The van der Waals surface area contributed by atoms with E-state index in [1.165, 1.54) is 14.0 Å². The number of benzene rings is 1. The summed E-state index contributed by atoms with van der Waals surface area (Å²) in [4.78, 5) is 23.5. The lowest BCUT2D eigenvalue weighted by Crippen LogP contribution is -2.13. The number of rotatable bonds is 6. The minimum Gasteiger partial charge on any atom is -0.495 e. The van der Waals surface area contributed by atoms with Crippen LogP contribution in [0.25, 0.3) is 0 Å². The maximum absolute atomic E-state index is 12.2. The van der Waals surface area contributed by atoms with Gasteiger partial charge in [-0.2, -0.15) is 5.10 Å². The maximum atomic E-state index is 12.2. The van der Waals surface area contributed by atoms with E-state index in [0.29, 0.717) is 30.0 Å². The van der Waals surface area contributed by atoms with Crippen molar-refractivity contribution >= 4 is 23.2 Å². The summed E-state index contributed by atoms with van der Waals surface area (Å²) in [5.41, 5.74) is 4.25. The zero-order chi connectivity index (χ0) is 18.6. The van der Waals surface area contributed by atoms with Crippen molar-refractivity contribution in [3.8, 4) is 5.75 Å². The second-order valence-corrected chi connectivity index (χ2v) is 5.92. The quantitative estimate of drug-likeness (QED) is 0.843. The van der Waals surface area contributed by atoms with E-state index >= 15 is 0 Å². The van der Waals surface area contributed by atoms with Crippen molar-refractivity contribution in [3.63, 3.8) is 0 Å². The molecule has 7 nitrogen and oxygen atoms in total. The molecule has 0 radical (unpaired) electrons. The number of amides is 2. The van der Waals surface area contributed by atoms with Crippen LogP contribution in [0.15, 0.2) is 18.2 Å². The maximum Gasteiger partial charge on any atom is 0.224 e. The lowest BCUT2D eigenvalue weighted by molar-refractivity contribution is -0.116. The first-order valence-corrected chi connectivity index (χ1v) is 8.06. The molecule has 0 aliphatic carbocycles. The highest BCUT2D eigenvalue weighted by Crippen LogP contribution is 2.28. The Morgan fingerprint density at radius 3 is 2.52 bits per heavy atom. The van der Waals surface area contributed by atoms with Crippen LogP contribution in [-0.4, -0.2) is 28.7 Å². The van der Waals surface area contributed by atoms with Crippen LogP contribution in [0.1, 0.15) is 30.3 Å². The third-order valence-corrected chi connectivity index (χ3v) is 4.05. The van der Waals surface area contributed by atoms with Crippen LogP contribution in [0.4, 0.5) is 11.4 Å². The SMILES string of the molecule is COc1ccc(NC(=O)CCc2c(C)nn(C)c2C)cc1NC(C)=O. The highest BCUT2D eigenvalue weighted by atomic mass is 16.5. The van der Waals surface area contributed by atoms with Gasteiger partial charge in [0.25, 0.3) is 0 Å². The van der Waals surface area contributed by atoms with Gasteiger partial charge in [0, 0.05) is 31.8 Å². The van der Waals surface area contributed by atoms with E-state index < -0.39 is 0 Å². The second kappa shape index (κ2) is 7.83. The Bertz CT molecular complexity index is 796. The number of hydrogen-bond donors (Lipinski definition) is 2. The van der Waals surface area contributed by atoms with Gasteiger partial charge >= 0.3 is 0 Å². The average molecular weight is 344 g/mol. The van der Waals surface area contributed by atoms with E-state index in [1.807, 2.05) is 25.6 Å². The van der Waals surface area contributed by atoms with Crippen molar-refractivity contribution < 1.29 is 14.3 Å². The van der Waals surface area contributed by atoms with Crippen molar-refractivity contribution in [1.82, 2.24) is 9.78 Å². The minimum atomic E-state index is -0.204. The first-order chi connectivity index (χ1) is 11.8. The molecule has 2 N–H and O–H groups in total. The first-order valence-electron chi connectivity index (χ1n) is 8.06. The van der Waals surface area contributed by atoms with E-state index in [0.717, 1.165) is 17.0 Å². The van der Waals surface area contributed by atoms with E-state index in [1.54, 1.807) is 18.2 Å². The number of aryl methyl sites for hydroxylation is 2. The van der Waals surface area contributed by atoms with Gasteiger partial charge < -0.3 is 15.4 Å². The molecule has 0 unspecified atom stereocenters. The van der Waals surface area contributed by atoms with E-state index in [-0.39, 0.29) is 11.8 Å². The van der Waals surface area contributed by atoms with Crippen molar-refractivity contribution in [2.45, 2.75) is 33.6 Å². The summed E-state index contributed by atoms with van der Waals surface area (Å²) >= 11 is 0. The number of ether oxygens (including phenoxy) is 1. The number of nitrogens with one attached hydrogen (secondary N) is 2. The van der Waals surface area contributed by atoms with Crippen LogP contribution in [-0.2, 0) is 23.1 Å². The number of nitrogens with zero attached hydrogens (tertiary/aromatic N) is 2. The summed E-state index contributed by atoms with van der Waals surface area (Å²) < 4.78 is 7.03. The third kappa shape index (κ3) is 4.59. The molecule has 1 aromatic heterocycles. The van der Waals surface area contributed by atoms with Gasteiger partial charge in [-0.05, 0) is 44.0 Å². The molecule has 1 heterocycles. The Hall–Kier alpha value is -2.83. The van der Waals surface area contributed by atoms with Crippen molar-refractivity contribution in [3.05, 3.63) is 35.2 Å². The Kier molecular flexibility index (Phi) is 5.80. The highest BCUT2D eigenvalue weighted by Gasteiger charge is 2.12. The molecule has 0 aliphatic rings. The molecule has 0 aliphatic heterocycles. The van der Waals surface area contributed by atoms with Gasteiger partial charge in [-0.3, -0.25) is 14.3 Å². The monoisotopic (exact) mass is 344 g/mol. The standard InChI is InChI=1S/C18H24N4O3/c1-11-15(12(2)22(4)21-11)7-9-18(24)20-14-6-8-17(25-5)16(10-14)19-13(3)23/h6,8,10H,7,9H2,1-5H3,(H,19,23)(H,20,24). The predicted octanol–water partition coefficient (Wildman–Crippen LogP) is 2.58. The number of hydrogen-bond acceptors (Lipinski definition) is 4. The topological polar surface area (TPSA) is 85.2 Å². The Morgan fingerprint density at radius 2 is 1.96 bits per heavy atom. The molecule has 25 heavy (non-hydrogen) atoms. The summed E-state index contributed by atoms with van der Waals surface area (Å²) in [5, 5.41) is 9.90. The summed E-state index contributed by atoms with van der Waals surface area (Å²) in [6.07, 6.45) is 0.987. The molecule has 1 aromatic carbocycles. The van der Waals surface area contributed by atoms with Gasteiger partial charge in [0.2, 0.25) is 11.8 Å². The van der Waals surface area contributed by atoms with Crippen molar-refractivity contribution in [1.29, 1.82) is 0 Å². The first kappa shape index (κ1) is 18.5. The molecule has 0 fully saturated rings. The molecular weight excluding hydrogens is 320 g/mol. The molecule has 2 aromatic rings. The summed E-state index contributed by atoms with van der Waals surface area (Å²) in [6, 6.07) is 5.12. The van der Waals surface area contributed by atoms with Crippen LogP contribution in [0.3, 0.4) is 0 Å². The number of carbonyl (C=O) groups is 2. The molecule has 0 saturated heterocycles. The van der Waals surface area contributed by atoms with Crippen LogP contribution in [0.5, 0.6) is 5.75 Å². The number of carbonyl (C=O) groups excluding carboxylic acids is 2. The minimum absolute atomic E-state index is 0.0957. The Morgan fingerprint density at radius 1 is 1.24 bits per heavy atom. The zero-order valence-electron chi connectivity index (χ0n) is 15.3. The van der Waals surface area contributed by atoms with Gasteiger partial charge in [-0.1, -0.05) is 0 Å². The Labute approximate surface area is 147 Å². The predicted molar refractivity (Wildman–Crippen MR) is 96.9 cm³/mol. The molecule has 2 rings (SSSR count). The molecule has 2 amide bonds. The highest BCUT2D eigenvalue weighted by molar-refractivity contribution is 5.94. The zero-order valence-corrected chi connectivity index (χ0v) is 15.3. The second-order valence-electron chi connectivity index (χ2n) is 5.92. The normalized spacial score (nSPS) is 10.4. The number of aromatic nitrogens is 2. The van der Waals surface area contributed by atoms with Crippen LogP contribution in [0, 0.1) is 13.8 Å². The van der Waals surface area contributed by atoms with E-state index in [9.17, 15) is 9.59 Å². The van der Waals surface area contributed by atoms with Crippen molar-refractivity contribution in [2.75, 3.05) is 17.7 Å². The lowest BCUT2D eigenvalue weighted by atomic mass is 10.1. The molecular formula is C18H24N4O3. The molecule has 7 heteroatoms. The summed E-state index contributed by atoms with van der Waals surface area (Å²) in [5.74, 6) is 0.237. The number of methoxy groups -OCH3 is 1. The summed E-state index contributed by atoms with van der Waals surface area (Å²) in [6.45, 7) is 5.36. The Balaban J connectivity index is 2.03. The van der Waals surface area contributed by atoms with E-state index in [2.05, 4.69) is 15.7 Å².